The number of nitrogens with zero attached hydrogens (tertiary/aromatic N) is 4. The Bertz CT molecular complexity index is 730. The maximum Gasteiger partial charge on any atom is 0.159 e. The molecule has 0 aliphatic carbocycles. The number of likely N-dealkylation sites (tertiary alicyclic amines) is 1. The van der Waals surface area contributed by atoms with Crippen LogP contribution < -0.4 is 4.74 Å². The van der Waals surface area contributed by atoms with Crippen LogP contribution in [-0.2, 0) is 24.4 Å². The fraction of sp³-hybridized carbons (Fsp3) is 0.579. The van der Waals surface area contributed by atoms with Crippen LogP contribution in [0.1, 0.15) is 43.0 Å². The van der Waals surface area contributed by atoms with Gasteiger partial charge in [-0.25, -0.2) is 0 Å². The molecule has 2 aromatic rings. The molecule has 0 radical (unpaired) electrons. The van der Waals surface area contributed by atoms with Gasteiger partial charge in [0.1, 0.15) is 18.2 Å². The number of fused-ring (bicyclic) bond motifs is 1. The van der Waals surface area contributed by atoms with Crippen molar-refractivity contribution in [3.63, 3.8) is 0 Å². The number of aromatic nitrogens is 3. The van der Waals surface area contributed by atoms with E-state index in [0.717, 1.165) is 50.1 Å². The van der Waals surface area contributed by atoms with E-state index in [0.29, 0.717) is 18.6 Å². The average molecular weight is 342 g/mol. The Kier molecular flexibility index (Phi) is 4.72. The number of hydrogen-bond donors (Lipinski definition) is 0. The highest BCUT2D eigenvalue weighted by Crippen LogP contribution is 2.38. The molecule has 0 spiro atoms. The fourth-order valence-electron chi connectivity index (χ4n) is 4.07. The van der Waals surface area contributed by atoms with E-state index in [4.69, 9.17) is 9.47 Å². The maximum absolute atomic E-state index is 5.62. The summed E-state index contributed by atoms with van der Waals surface area (Å²) >= 11 is 0. The van der Waals surface area contributed by atoms with Crippen molar-refractivity contribution in [2.24, 2.45) is 5.92 Å². The van der Waals surface area contributed by atoms with Crippen LogP contribution in [0.3, 0.4) is 0 Å². The molecule has 134 valence electrons. The lowest BCUT2D eigenvalue weighted by atomic mass is 9.89. The van der Waals surface area contributed by atoms with Crippen LogP contribution in [0.5, 0.6) is 5.75 Å². The summed E-state index contributed by atoms with van der Waals surface area (Å²) in [5.41, 5.74) is 1.28. The third kappa shape index (κ3) is 3.28. The summed E-state index contributed by atoms with van der Waals surface area (Å²) in [7, 11) is 1.75. The Morgan fingerprint density at radius 2 is 2.12 bits per heavy atom. The number of piperidine rings is 1. The molecular formula is C19H26N4O2. The average Bonchev–Trinajstić information content (AvgIpc) is 3.05. The van der Waals surface area contributed by atoms with Gasteiger partial charge in [0.2, 0.25) is 0 Å². The van der Waals surface area contributed by atoms with E-state index in [-0.39, 0.29) is 0 Å². The molecule has 0 N–H and O–H groups in total. The van der Waals surface area contributed by atoms with Crippen molar-refractivity contribution in [2.45, 2.75) is 45.5 Å². The maximum atomic E-state index is 5.62. The second-order valence-electron chi connectivity index (χ2n) is 7.11. The van der Waals surface area contributed by atoms with Crippen LogP contribution in [0, 0.1) is 5.92 Å². The van der Waals surface area contributed by atoms with Gasteiger partial charge in [0.05, 0.1) is 20.3 Å². The first-order valence-corrected chi connectivity index (χ1v) is 9.12. The summed E-state index contributed by atoms with van der Waals surface area (Å²) < 4.78 is 13.3. The molecule has 3 heterocycles. The molecule has 2 atom stereocenters. The highest BCUT2D eigenvalue weighted by molar-refractivity contribution is 5.36. The van der Waals surface area contributed by atoms with Gasteiger partial charge in [-0.05, 0) is 24.8 Å². The lowest BCUT2D eigenvalue weighted by molar-refractivity contribution is 0.0744. The van der Waals surface area contributed by atoms with Crippen molar-refractivity contribution in [3.05, 3.63) is 41.5 Å². The van der Waals surface area contributed by atoms with E-state index >= 15 is 0 Å². The van der Waals surface area contributed by atoms with Crippen molar-refractivity contribution in [1.29, 1.82) is 0 Å². The van der Waals surface area contributed by atoms with Crippen LogP contribution in [0.15, 0.2) is 24.3 Å². The molecule has 0 amide bonds. The Hall–Kier alpha value is -1.92. The Morgan fingerprint density at radius 1 is 1.24 bits per heavy atom. The van der Waals surface area contributed by atoms with Crippen LogP contribution in [0.4, 0.5) is 0 Å². The Labute approximate surface area is 148 Å². The lowest BCUT2D eigenvalue weighted by Gasteiger charge is -2.39. The van der Waals surface area contributed by atoms with Gasteiger partial charge >= 0.3 is 0 Å². The third-order valence-corrected chi connectivity index (χ3v) is 5.36. The van der Waals surface area contributed by atoms with Gasteiger partial charge < -0.3 is 14.0 Å². The summed E-state index contributed by atoms with van der Waals surface area (Å²) in [6.07, 6.45) is 2.39. The largest absolute Gasteiger partial charge is 0.496 e. The number of benzene rings is 1. The molecule has 2 aliphatic rings. The quantitative estimate of drug-likeness (QED) is 0.855. The summed E-state index contributed by atoms with van der Waals surface area (Å²) in [6.45, 7) is 6.38. The first kappa shape index (κ1) is 16.5. The molecule has 6 heteroatoms. The molecule has 0 saturated carbocycles. The number of methoxy groups -OCH3 is 1. The van der Waals surface area contributed by atoms with Crippen LogP contribution in [0.2, 0.25) is 0 Å². The molecule has 1 saturated heterocycles. The number of hydrogen-bond acceptors (Lipinski definition) is 5. The lowest BCUT2D eigenvalue weighted by Crippen LogP contribution is -2.38. The van der Waals surface area contributed by atoms with E-state index < -0.39 is 0 Å². The molecule has 2 unspecified atom stereocenters. The predicted octanol–water partition coefficient (Wildman–Crippen LogP) is 2.79. The molecule has 4 rings (SSSR count). The number of para-hydroxylation sites is 1. The molecule has 6 nitrogen and oxygen atoms in total. The van der Waals surface area contributed by atoms with Gasteiger partial charge in [0.15, 0.2) is 5.82 Å². The first-order chi connectivity index (χ1) is 12.3. The van der Waals surface area contributed by atoms with Crippen LogP contribution in [0.25, 0.3) is 0 Å². The Morgan fingerprint density at radius 3 is 3.00 bits per heavy atom. The van der Waals surface area contributed by atoms with E-state index in [1.165, 1.54) is 12.0 Å². The summed E-state index contributed by atoms with van der Waals surface area (Å²) in [5.74, 6) is 3.66. The molecule has 1 aromatic carbocycles. The van der Waals surface area contributed by atoms with E-state index in [2.05, 4.69) is 44.8 Å². The number of ether oxygens (including phenoxy) is 2. The molecule has 25 heavy (non-hydrogen) atoms. The zero-order valence-corrected chi connectivity index (χ0v) is 15.0. The predicted molar refractivity (Wildman–Crippen MR) is 94.2 cm³/mol. The van der Waals surface area contributed by atoms with Crippen LogP contribution in [-0.4, -0.2) is 39.9 Å². The Balaban J connectivity index is 1.62. The monoisotopic (exact) mass is 342 g/mol. The fourth-order valence-corrected chi connectivity index (χ4v) is 4.07. The summed E-state index contributed by atoms with van der Waals surface area (Å²) in [4.78, 5) is 2.54. The highest BCUT2D eigenvalue weighted by atomic mass is 16.5. The van der Waals surface area contributed by atoms with E-state index in [9.17, 15) is 0 Å². The van der Waals surface area contributed by atoms with Crippen molar-refractivity contribution in [1.82, 2.24) is 19.7 Å². The minimum Gasteiger partial charge on any atom is -0.496 e. The first-order valence-electron chi connectivity index (χ1n) is 9.12. The van der Waals surface area contributed by atoms with Gasteiger partial charge in [-0.2, -0.15) is 0 Å². The van der Waals surface area contributed by atoms with E-state index in [1.54, 1.807) is 7.11 Å². The summed E-state index contributed by atoms with van der Waals surface area (Å²) in [5, 5.41) is 8.76. The van der Waals surface area contributed by atoms with Crippen LogP contribution >= 0.6 is 0 Å². The van der Waals surface area contributed by atoms with Crippen molar-refractivity contribution in [3.8, 4) is 5.75 Å². The molecule has 1 aromatic heterocycles. The van der Waals surface area contributed by atoms with Gasteiger partial charge in [0, 0.05) is 24.7 Å². The topological polar surface area (TPSA) is 52.4 Å². The molecule has 0 bridgehead atoms. The second kappa shape index (κ2) is 7.14. The van der Waals surface area contributed by atoms with Gasteiger partial charge in [-0.1, -0.05) is 25.1 Å². The van der Waals surface area contributed by atoms with Gasteiger partial charge in [-0.15, -0.1) is 10.2 Å². The standard InChI is InChI=1S/C19H26N4O2/c1-14-7-8-16(15-5-3-4-6-17(15)24-2)22(11-14)12-18-20-21-19-13-25-10-9-23(18)19/h3-6,14,16H,7-13H2,1-2H3. The molecular weight excluding hydrogens is 316 g/mol. The van der Waals surface area contributed by atoms with Crippen molar-refractivity contribution < 1.29 is 9.47 Å². The van der Waals surface area contributed by atoms with E-state index in [1.807, 2.05) is 6.07 Å². The SMILES string of the molecule is COc1ccccc1C1CCC(C)CN1Cc1nnc2n1CCOC2. The molecule has 2 aliphatic heterocycles. The zero-order chi connectivity index (χ0) is 17.2. The molecule has 1 fully saturated rings. The highest BCUT2D eigenvalue weighted by Gasteiger charge is 2.31. The zero-order valence-electron chi connectivity index (χ0n) is 15.0. The normalized spacial score (nSPS) is 24.1. The van der Waals surface area contributed by atoms with Crippen molar-refractivity contribution in [2.75, 3.05) is 20.3 Å². The minimum atomic E-state index is 0.361. The third-order valence-electron chi connectivity index (χ3n) is 5.36. The smallest absolute Gasteiger partial charge is 0.159 e. The van der Waals surface area contributed by atoms with Gasteiger partial charge in [-0.3, -0.25) is 4.90 Å². The minimum absolute atomic E-state index is 0.361. The van der Waals surface area contributed by atoms with Crippen molar-refractivity contribution >= 4 is 0 Å². The van der Waals surface area contributed by atoms with Gasteiger partial charge in [0.25, 0.3) is 0 Å². The second-order valence-corrected chi connectivity index (χ2v) is 7.11. The summed E-state index contributed by atoms with van der Waals surface area (Å²) in [6, 6.07) is 8.75. The number of rotatable bonds is 4.